The molecule has 0 bridgehead atoms. The van der Waals surface area contributed by atoms with Crippen LogP contribution in [0.4, 0.5) is 0 Å². The van der Waals surface area contributed by atoms with Crippen molar-refractivity contribution in [3.8, 4) is 0 Å². The lowest BCUT2D eigenvalue weighted by atomic mass is 9.74. The molecule has 70 valence electrons. The van der Waals surface area contributed by atoms with Gasteiger partial charge in [0.1, 0.15) is 0 Å². The van der Waals surface area contributed by atoms with E-state index in [1.165, 1.54) is 24.8 Å². The second kappa shape index (κ2) is 4.32. The third-order valence-electron chi connectivity index (χ3n) is 3.24. The molecule has 0 radical (unpaired) electrons. The van der Waals surface area contributed by atoms with E-state index in [2.05, 4.69) is 20.4 Å². The highest BCUT2D eigenvalue weighted by Gasteiger charge is 2.26. The van der Waals surface area contributed by atoms with Crippen molar-refractivity contribution in [1.29, 1.82) is 0 Å². The Morgan fingerprint density at radius 1 is 1.50 bits per heavy atom. The normalized spacial score (nSPS) is 36.4. The summed E-state index contributed by atoms with van der Waals surface area (Å²) in [5.41, 5.74) is 1.36. The van der Waals surface area contributed by atoms with Crippen molar-refractivity contribution < 1.29 is 0 Å². The predicted octanol–water partition coefficient (Wildman–Crippen LogP) is 3.85. The molecule has 3 unspecified atom stereocenters. The average Bonchev–Trinajstić information content (AvgIpc) is 2.04. The topological polar surface area (TPSA) is 0 Å². The number of hydrogen-bond acceptors (Lipinski definition) is 0. The van der Waals surface area contributed by atoms with E-state index < -0.39 is 0 Å². The van der Waals surface area contributed by atoms with E-state index in [-0.39, 0.29) is 0 Å². The van der Waals surface area contributed by atoms with Gasteiger partial charge in [0, 0.05) is 5.88 Å². The summed E-state index contributed by atoms with van der Waals surface area (Å²) in [6, 6.07) is 0. The Kier molecular flexibility index (Phi) is 3.64. The zero-order chi connectivity index (χ0) is 9.14. The van der Waals surface area contributed by atoms with E-state index in [1.54, 1.807) is 0 Å². The lowest BCUT2D eigenvalue weighted by molar-refractivity contribution is 0.233. The monoisotopic (exact) mass is 186 g/mol. The maximum atomic E-state index is 5.88. The molecule has 0 aromatic rings. The number of rotatable bonds is 2. The highest BCUT2D eigenvalue weighted by molar-refractivity contribution is 6.18. The summed E-state index contributed by atoms with van der Waals surface area (Å²) in [6.07, 6.45) is 3.89. The van der Waals surface area contributed by atoms with Crippen molar-refractivity contribution in [2.24, 2.45) is 17.8 Å². The SMILES string of the molecule is C=C(C)C1CCC(CCl)C(C)C1. The van der Waals surface area contributed by atoms with Crippen LogP contribution < -0.4 is 0 Å². The Hall–Kier alpha value is 0.0300. The molecular weight excluding hydrogens is 168 g/mol. The number of hydrogen-bond donors (Lipinski definition) is 0. The van der Waals surface area contributed by atoms with Gasteiger partial charge in [-0.15, -0.1) is 11.6 Å². The molecule has 0 amide bonds. The molecule has 3 atom stereocenters. The first-order valence-electron chi connectivity index (χ1n) is 4.86. The van der Waals surface area contributed by atoms with E-state index in [1.807, 2.05) is 0 Å². The molecule has 1 heteroatoms. The molecule has 0 spiro atoms. The minimum atomic E-state index is 0.752. The Labute approximate surface area is 81.0 Å². The van der Waals surface area contributed by atoms with Gasteiger partial charge in [-0.3, -0.25) is 0 Å². The predicted molar refractivity (Wildman–Crippen MR) is 55.5 cm³/mol. The van der Waals surface area contributed by atoms with Gasteiger partial charge >= 0.3 is 0 Å². The summed E-state index contributed by atoms with van der Waals surface area (Å²) in [6.45, 7) is 8.50. The van der Waals surface area contributed by atoms with Gasteiger partial charge < -0.3 is 0 Å². The van der Waals surface area contributed by atoms with Crippen LogP contribution in [0.5, 0.6) is 0 Å². The van der Waals surface area contributed by atoms with Crippen molar-refractivity contribution in [3.05, 3.63) is 12.2 Å². The van der Waals surface area contributed by atoms with Gasteiger partial charge in [0.2, 0.25) is 0 Å². The minimum absolute atomic E-state index is 0.752. The second-order valence-electron chi connectivity index (χ2n) is 4.25. The van der Waals surface area contributed by atoms with E-state index in [0.717, 1.165) is 23.6 Å². The average molecular weight is 187 g/mol. The molecule has 0 nitrogen and oxygen atoms in total. The summed E-state index contributed by atoms with van der Waals surface area (Å²) < 4.78 is 0. The van der Waals surface area contributed by atoms with Crippen LogP contribution >= 0.6 is 11.6 Å². The highest BCUT2D eigenvalue weighted by Crippen LogP contribution is 2.36. The van der Waals surface area contributed by atoms with Crippen molar-refractivity contribution in [1.82, 2.24) is 0 Å². The standard InChI is InChI=1S/C11H19Cl/c1-8(2)10-4-5-11(7-12)9(3)6-10/h9-11H,1,4-7H2,2-3H3. The van der Waals surface area contributed by atoms with Gasteiger partial charge in [-0.05, 0) is 43.9 Å². The Bertz CT molecular complexity index is 162. The van der Waals surface area contributed by atoms with Gasteiger partial charge in [-0.1, -0.05) is 19.1 Å². The van der Waals surface area contributed by atoms with Gasteiger partial charge in [0.25, 0.3) is 0 Å². The van der Waals surface area contributed by atoms with Crippen LogP contribution in [0.3, 0.4) is 0 Å². The van der Waals surface area contributed by atoms with Crippen molar-refractivity contribution >= 4 is 11.6 Å². The molecule has 0 N–H and O–H groups in total. The molecule has 0 aromatic carbocycles. The fourth-order valence-corrected chi connectivity index (χ4v) is 2.59. The number of alkyl halides is 1. The van der Waals surface area contributed by atoms with Crippen molar-refractivity contribution in [2.75, 3.05) is 5.88 Å². The summed E-state index contributed by atoms with van der Waals surface area (Å²) in [7, 11) is 0. The molecule has 1 aliphatic rings. The van der Waals surface area contributed by atoms with Crippen LogP contribution in [0.2, 0.25) is 0 Å². The molecule has 0 aliphatic heterocycles. The molecule has 1 saturated carbocycles. The molecule has 12 heavy (non-hydrogen) atoms. The third kappa shape index (κ3) is 2.26. The largest absolute Gasteiger partial charge is 0.126 e. The zero-order valence-electron chi connectivity index (χ0n) is 8.15. The number of halogens is 1. The van der Waals surface area contributed by atoms with Crippen molar-refractivity contribution in [2.45, 2.75) is 33.1 Å². The van der Waals surface area contributed by atoms with Crippen LogP contribution in [0.1, 0.15) is 33.1 Å². The van der Waals surface area contributed by atoms with Gasteiger partial charge in [0.05, 0.1) is 0 Å². The van der Waals surface area contributed by atoms with Crippen LogP contribution in [-0.4, -0.2) is 5.88 Å². The van der Waals surface area contributed by atoms with Crippen LogP contribution in [0.25, 0.3) is 0 Å². The maximum Gasteiger partial charge on any atom is 0.0254 e. The fraction of sp³-hybridized carbons (Fsp3) is 0.818. The van der Waals surface area contributed by atoms with E-state index in [0.29, 0.717) is 0 Å². The molecule has 0 aromatic heterocycles. The summed E-state index contributed by atoms with van der Waals surface area (Å²) in [5, 5.41) is 0. The third-order valence-corrected chi connectivity index (χ3v) is 3.64. The molecule has 1 aliphatic carbocycles. The molecule has 1 fully saturated rings. The zero-order valence-corrected chi connectivity index (χ0v) is 8.90. The summed E-state index contributed by atoms with van der Waals surface area (Å²) in [4.78, 5) is 0. The van der Waals surface area contributed by atoms with Gasteiger partial charge in [-0.25, -0.2) is 0 Å². The molecular formula is C11H19Cl. The van der Waals surface area contributed by atoms with Crippen LogP contribution in [0.15, 0.2) is 12.2 Å². The van der Waals surface area contributed by atoms with E-state index >= 15 is 0 Å². The molecule has 1 rings (SSSR count). The van der Waals surface area contributed by atoms with Crippen molar-refractivity contribution in [3.63, 3.8) is 0 Å². The van der Waals surface area contributed by atoms with Gasteiger partial charge in [-0.2, -0.15) is 0 Å². The Balaban J connectivity index is 2.46. The Morgan fingerprint density at radius 2 is 2.17 bits per heavy atom. The van der Waals surface area contributed by atoms with Crippen LogP contribution in [-0.2, 0) is 0 Å². The lowest BCUT2D eigenvalue weighted by Gasteiger charge is -2.33. The summed E-state index contributed by atoms with van der Waals surface area (Å²) in [5.74, 6) is 3.14. The first-order valence-corrected chi connectivity index (χ1v) is 5.40. The summed E-state index contributed by atoms with van der Waals surface area (Å²) >= 11 is 5.88. The second-order valence-corrected chi connectivity index (χ2v) is 4.56. The van der Waals surface area contributed by atoms with E-state index in [9.17, 15) is 0 Å². The highest BCUT2D eigenvalue weighted by atomic mass is 35.5. The lowest BCUT2D eigenvalue weighted by Crippen LogP contribution is -2.24. The number of allylic oxidation sites excluding steroid dienone is 1. The van der Waals surface area contributed by atoms with Gasteiger partial charge in [0.15, 0.2) is 0 Å². The fourth-order valence-electron chi connectivity index (χ4n) is 2.14. The Morgan fingerprint density at radius 3 is 2.58 bits per heavy atom. The quantitative estimate of drug-likeness (QED) is 0.454. The first kappa shape index (κ1) is 10.1. The first-order chi connectivity index (χ1) is 5.65. The van der Waals surface area contributed by atoms with Crippen LogP contribution in [0, 0.1) is 17.8 Å². The minimum Gasteiger partial charge on any atom is -0.126 e. The maximum absolute atomic E-state index is 5.88. The molecule has 0 saturated heterocycles. The van der Waals surface area contributed by atoms with E-state index in [4.69, 9.17) is 11.6 Å². The molecule has 0 heterocycles. The smallest absolute Gasteiger partial charge is 0.0254 e.